The Morgan fingerprint density at radius 3 is 2.43 bits per heavy atom. The van der Waals surface area contributed by atoms with Gasteiger partial charge in [-0.3, -0.25) is 4.79 Å². The van der Waals surface area contributed by atoms with Crippen LogP contribution in [0.25, 0.3) is 0 Å². The standard InChI is InChI=1S/C21H21BrN2O4/c1-4-10-27-18-9-7-17(22)12-16(18)14-23-24-21(25)15-6-8-19(28-11-5-2)20(13-15)26-3/h4-9,12-14H,1-2,10-11H2,3H3,(H,24,25)/b23-14+. The first kappa shape index (κ1) is 21.2. The van der Waals surface area contributed by atoms with Crippen molar-refractivity contribution >= 4 is 28.1 Å². The molecule has 1 N–H and O–H groups in total. The first-order valence-corrected chi connectivity index (χ1v) is 9.16. The summed E-state index contributed by atoms with van der Waals surface area (Å²) in [4.78, 5) is 12.4. The molecule has 0 aliphatic carbocycles. The Morgan fingerprint density at radius 2 is 1.75 bits per heavy atom. The Hall–Kier alpha value is -3.06. The van der Waals surface area contributed by atoms with Crippen LogP contribution in [0.2, 0.25) is 0 Å². The highest BCUT2D eigenvalue weighted by molar-refractivity contribution is 9.10. The van der Waals surface area contributed by atoms with Crippen molar-refractivity contribution in [3.8, 4) is 17.2 Å². The molecule has 0 atom stereocenters. The van der Waals surface area contributed by atoms with Crippen molar-refractivity contribution in [2.75, 3.05) is 20.3 Å². The summed E-state index contributed by atoms with van der Waals surface area (Å²) in [5.74, 6) is 1.23. The lowest BCUT2D eigenvalue weighted by Crippen LogP contribution is -2.17. The van der Waals surface area contributed by atoms with E-state index in [1.165, 1.54) is 13.3 Å². The molecule has 146 valence electrons. The van der Waals surface area contributed by atoms with Crippen LogP contribution in [-0.2, 0) is 0 Å². The third-order valence-electron chi connectivity index (χ3n) is 3.48. The van der Waals surface area contributed by atoms with E-state index in [0.717, 1.165) is 4.47 Å². The highest BCUT2D eigenvalue weighted by Gasteiger charge is 2.11. The van der Waals surface area contributed by atoms with Gasteiger partial charge in [0.15, 0.2) is 11.5 Å². The third kappa shape index (κ3) is 5.99. The van der Waals surface area contributed by atoms with Crippen molar-refractivity contribution in [1.29, 1.82) is 0 Å². The van der Waals surface area contributed by atoms with Crippen molar-refractivity contribution in [2.45, 2.75) is 0 Å². The van der Waals surface area contributed by atoms with Crippen LogP contribution in [0.5, 0.6) is 17.2 Å². The topological polar surface area (TPSA) is 69.2 Å². The molecule has 0 aromatic heterocycles. The fourth-order valence-corrected chi connectivity index (χ4v) is 2.58. The van der Waals surface area contributed by atoms with E-state index in [4.69, 9.17) is 14.2 Å². The van der Waals surface area contributed by atoms with Gasteiger partial charge in [0.1, 0.15) is 19.0 Å². The number of rotatable bonds is 10. The number of carbonyl (C=O) groups excluding carboxylic acids is 1. The zero-order valence-corrected chi connectivity index (χ0v) is 17.1. The molecular formula is C21H21BrN2O4. The molecule has 6 nitrogen and oxygen atoms in total. The molecule has 2 rings (SSSR count). The lowest BCUT2D eigenvalue weighted by molar-refractivity contribution is 0.0954. The minimum absolute atomic E-state index is 0.342. The molecule has 0 saturated heterocycles. The molecule has 1 amide bonds. The zero-order valence-electron chi connectivity index (χ0n) is 15.5. The number of nitrogens with one attached hydrogen (secondary N) is 1. The van der Waals surface area contributed by atoms with Gasteiger partial charge < -0.3 is 14.2 Å². The maximum absolute atomic E-state index is 12.4. The molecule has 28 heavy (non-hydrogen) atoms. The number of nitrogens with zero attached hydrogens (tertiary/aromatic N) is 1. The first-order valence-electron chi connectivity index (χ1n) is 8.37. The molecule has 2 aromatic rings. The van der Waals surface area contributed by atoms with E-state index in [1.54, 1.807) is 30.4 Å². The van der Waals surface area contributed by atoms with E-state index in [2.05, 4.69) is 39.6 Å². The number of methoxy groups -OCH3 is 1. The van der Waals surface area contributed by atoms with Crippen LogP contribution in [0.1, 0.15) is 15.9 Å². The second-order valence-electron chi connectivity index (χ2n) is 5.45. The number of halogens is 1. The fraction of sp³-hybridized carbons (Fsp3) is 0.143. The van der Waals surface area contributed by atoms with Gasteiger partial charge >= 0.3 is 0 Å². The Balaban J connectivity index is 2.10. The Morgan fingerprint density at radius 1 is 1.07 bits per heavy atom. The minimum atomic E-state index is -0.381. The lowest BCUT2D eigenvalue weighted by Gasteiger charge is -2.10. The van der Waals surface area contributed by atoms with Crippen LogP contribution in [0.15, 0.2) is 71.3 Å². The molecule has 0 spiro atoms. The summed E-state index contributed by atoms with van der Waals surface area (Å²) in [7, 11) is 1.51. The van der Waals surface area contributed by atoms with Gasteiger partial charge in [-0.2, -0.15) is 5.10 Å². The zero-order chi connectivity index (χ0) is 20.4. The van der Waals surface area contributed by atoms with Gasteiger partial charge in [-0.25, -0.2) is 5.43 Å². The number of carbonyl (C=O) groups is 1. The molecule has 0 bridgehead atoms. The summed E-state index contributed by atoms with van der Waals surface area (Å²) in [6, 6.07) is 10.4. The highest BCUT2D eigenvalue weighted by Crippen LogP contribution is 2.28. The predicted molar refractivity (Wildman–Crippen MR) is 114 cm³/mol. The SMILES string of the molecule is C=CCOc1ccc(Br)cc1/C=N/NC(=O)c1ccc(OCC=C)c(OC)c1. The van der Waals surface area contributed by atoms with Crippen LogP contribution in [-0.4, -0.2) is 32.4 Å². The second kappa shape index (κ2) is 10.9. The van der Waals surface area contributed by atoms with Crippen molar-refractivity contribution in [3.63, 3.8) is 0 Å². The van der Waals surface area contributed by atoms with Crippen LogP contribution < -0.4 is 19.6 Å². The monoisotopic (exact) mass is 444 g/mol. The minimum Gasteiger partial charge on any atom is -0.493 e. The summed E-state index contributed by atoms with van der Waals surface area (Å²) in [6.45, 7) is 7.94. The average molecular weight is 445 g/mol. The predicted octanol–water partition coefficient (Wildman–Crippen LogP) is 4.35. The maximum Gasteiger partial charge on any atom is 0.271 e. The molecule has 2 aromatic carbocycles. The Kier molecular flexibility index (Phi) is 8.30. The number of hydrazone groups is 1. The van der Waals surface area contributed by atoms with Gasteiger partial charge in [0, 0.05) is 15.6 Å². The highest BCUT2D eigenvalue weighted by atomic mass is 79.9. The van der Waals surface area contributed by atoms with Crippen LogP contribution in [0, 0.1) is 0 Å². The van der Waals surface area contributed by atoms with Gasteiger partial charge in [-0.05, 0) is 36.4 Å². The first-order chi connectivity index (χ1) is 13.6. The molecule has 0 saturated carbocycles. The van der Waals surface area contributed by atoms with Gasteiger partial charge in [0.25, 0.3) is 5.91 Å². The molecule has 0 heterocycles. The number of hydrogen-bond donors (Lipinski definition) is 1. The fourth-order valence-electron chi connectivity index (χ4n) is 2.20. The number of benzene rings is 2. The smallest absolute Gasteiger partial charge is 0.271 e. The molecule has 0 aliphatic rings. The molecule has 0 unspecified atom stereocenters. The number of amides is 1. The van der Waals surface area contributed by atoms with Gasteiger partial charge in [-0.1, -0.05) is 41.2 Å². The number of ether oxygens (including phenoxy) is 3. The molecule has 7 heteroatoms. The van der Waals surface area contributed by atoms with Crippen molar-refractivity contribution in [2.24, 2.45) is 5.10 Å². The molecule has 0 radical (unpaired) electrons. The Bertz CT molecular complexity index is 881. The molecular weight excluding hydrogens is 424 g/mol. The average Bonchev–Trinajstić information content (AvgIpc) is 2.71. The summed E-state index contributed by atoms with van der Waals surface area (Å²) in [5, 5.41) is 4.02. The van der Waals surface area contributed by atoms with Crippen molar-refractivity contribution < 1.29 is 19.0 Å². The summed E-state index contributed by atoms with van der Waals surface area (Å²) in [6.07, 6.45) is 4.80. The van der Waals surface area contributed by atoms with E-state index < -0.39 is 0 Å². The van der Waals surface area contributed by atoms with Crippen molar-refractivity contribution in [1.82, 2.24) is 5.43 Å². The number of hydrogen-bond acceptors (Lipinski definition) is 5. The van der Waals surface area contributed by atoms with Gasteiger partial charge in [-0.15, -0.1) is 0 Å². The van der Waals surface area contributed by atoms with Gasteiger partial charge in [0.05, 0.1) is 13.3 Å². The van der Waals surface area contributed by atoms with E-state index in [9.17, 15) is 4.79 Å². The molecule has 0 fully saturated rings. The van der Waals surface area contributed by atoms with E-state index in [1.807, 2.05) is 18.2 Å². The summed E-state index contributed by atoms with van der Waals surface area (Å²) >= 11 is 3.41. The summed E-state index contributed by atoms with van der Waals surface area (Å²) in [5.41, 5.74) is 3.59. The van der Waals surface area contributed by atoms with Crippen LogP contribution in [0.3, 0.4) is 0 Å². The summed E-state index contributed by atoms with van der Waals surface area (Å²) < 4.78 is 17.2. The lowest BCUT2D eigenvalue weighted by atomic mass is 10.2. The molecule has 0 aliphatic heterocycles. The normalized spacial score (nSPS) is 10.4. The quantitative estimate of drug-likeness (QED) is 0.336. The maximum atomic E-state index is 12.4. The van der Waals surface area contributed by atoms with E-state index >= 15 is 0 Å². The largest absolute Gasteiger partial charge is 0.493 e. The van der Waals surface area contributed by atoms with Crippen LogP contribution >= 0.6 is 15.9 Å². The van der Waals surface area contributed by atoms with Gasteiger partial charge in [0.2, 0.25) is 0 Å². The van der Waals surface area contributed by atoms with Crippen molar-refractivity contribution in [3.05, 3.63) is 77.3 Å². The van der Waals surface area contributed by atoms with E-state index in [0.29, 0.717) is 41.6 Å². The second-order valence-corrected chi connectivity index (χ2v) is 6.36. The third-order valence-corrected chi connectivity index (χ3v) is 3.97. The van der Waals surface area contributed by atoms with E-state index in [-0.39, 0.29) is 5.91 Å². The van der Waals surface area contributed by atoms with Crippen LogP contribution in [0.4, 0.5) is 0 Å². The Labute approximate surface area is 172 Å².